The molecule has 8 nitrogen and oxygen atoms in total. The highest BCUT2D eigenvalue weighted by atomic mass is 32.1. The van der Waals surface area contributed by atoms with Crippen LogP contribution in [0.4, 0.5) is 11.5 Å². The van der Waals surface area contributed by atoms with Gasteiger partial charge in [0.2, 0.25) is 0 Å². The van der Waals surface area contributed by atoms with E-state index in [9.17, 15) is 4.79 Å². The number of aromatic nitrogens is 1. The fourth-order valence-electron chi connectivity index (χ4n) is 3.91. The summed E-state index contributed by atoms with van der Waals surface area (Å²) < 4.78 is 16.9. The number of carbonyl (C=O) groups is 1. The summed E-state index contributed by atoms with van der Waals surface area (Å²) >= 11 is 1.35. The smallest absolute Gasteiger partial charge is 0.330 e. The van der Waals surface area contributed by atoms with Gasteiger partial charge in [-0.05, 0) is 71.0 Å². The van der Waals surface area contributed by atoms with Gasteiger partial charge in [-0.1, -0.05) is 24.3 Å². The molecule has 0 unspecified atom stereocenters. The van der Waals surface area contributed by atoms with Gasteiger partial charge >= 0.3 is 5.97 Å². The van der Waals surface area contributed by atoms with E-state index in [0.29, 0.717) is 13.2 Å². The van der Waals surface area contributed by atoms with Gasteiger partial charge in [-0.2, -0.15) is 4.37 Å². The zero-order chi connectivity index (χ0) is 24.4. The number of carboxylic acids is 1. The molecule has 0 fully saturated rings. The molecule has 0 saturated heterocycles. The normalized spacial score (nSPS) is 13.8. The molecule has 3 aromatic carbocycles. The van der Waals surface area contributed by atoms with E-state index in [-0.39, 0.29) is 0 Å². The first-order chi connectivity index (χ1) is 17.0. The Morgan fingerprint density at radius 3 is 2.80 bits per heavy atom. The van der Waals surface area contributed by atoms with Gasteiger partial charge in [0.15, 0.2) is 23.4 Å². The van der Waals surface area contributed by atoms with Crippen LogP contribution in [0.25, 0.3) is 21.2 Å². The Kier molecular flexibility index (Phi) is 6.35. The van der Waals surface area contributed by atoms with Gasteiger partial charge in [0, 0.05) is 17.3 Å². The van der Waals surface area contributed by atoms with Crippen LogP contribution in [-0.4, -0.2) is 52.6 Å². The number of anilines is 2. The molecule has 1 aliphatic rings. The Labute approximate surface area is 205 Å². The van der Waals surface area contributed by atoms with Crippen LogP contribution in [0.3, 0.4) is 0 Å². The maximum atomic E-state index is 11.0. The lowest BCUT2D eigenvalue weighted by atomic mass is 9.98. The average molecular weight is 490 g/mol. The summed E-state index contributed by atoms with van der Waals surface area (Å²) in [7, 11) is 0. The Morgan fingerprint density at radius 1 is 1.17 bits per heavy atom. The number of aliphatic imine (C=N–C) groups is 1. The Hall–Kier alpha value is -3.95. The standard InChI is InChI=1S/C26H23N3O5S/c1-15-18(17-6-8-22-23(12-17)34-10-9-33-22)3-2-4-20(15)28-25-19-7-5-16(11-24(19)35-29-25)13-27-21(14-30)26(31)32/h2-8,11-13,21,30H,9-10,14H2,1H3,(H,28,29)(H,31,32)/t21-/m1/s1. The number of aliphatic hydroxyl groups excluding tert-OH is 1. The molecule has 4 aromatic rings. The van der Waals surface area contributed by atoms with Crippen LogP contribution in [0.5, 0.6) is 11.5 Å². The summed E-state index contributed by atoms with van der Waals surface area (Å²) in [6, 6.07) is 16.6. The van der Waals surface area contributed by atoms with Crippen LogP contribution in [0, 0.1) is 6.92 Å². The fraction of sp³-hybridized carbons (Fsp3) is 0.192. The number of aliphatic carboxylic acids is 1. The average Bonchev–Trinajstić information content (AvgIpc) is 3.27. The second kappa shape index (κ2) is 9.73. The predicted octanol–water partition coefficient (Wildman–Crippen LogP) is 4.65. The van der Waals surface area contributed by atoms with E-state index < -0.39 is 18.6 Å². The summed E-state index contributed by atoms with van der Waals surface area (Å²) in [5.41, 5.74) is 4.90. The number of hydrogen-bond acceptors (Lipinski definition) is 8. The molecule has 1 aliphatic heterocycles. The lowest BCUT2D eigenvalue weighted by molar-refractivity contribution is -0.139. The number of ether oxygens (including phenoxy) is 2. The number of nitrogens with zero attached hydrogens (tertiary/aromatic N) is 2. The number of carboxylic acid groups (broad SMARTS) is 1. The zero-order valence-corrected chi connectivity index (χ0v) is 19.7. The molecule has 0 bridgehead atoms. The van der Waals surface area contributed by atoms with E-state index in [1.165, 1.54) is 17.7 Å². The van der Waals surface area contributed by atoms with Crippen molar-refractivity contribution >= 4 is 45.3 Å². The molecule has 0 amide bonds. The fourth-order valence-corrected chi connectivity index (χ4v) is 4.70. The highest BCUT2D eigenvalue weighted by molar-refractivity contribution is 7.13. The van der Waals surface area contributed by atoms with Crippen molar-refractivity contribution in [2.75, 3.05) is 25.1 Å². The number of hydrogen-bond donors (Lipinski definition) is 3. The van der Waals surface area contributed by atoms with Crippen LogP contribution >= 0.6 is 11.5 Å². The molecule has 178 valence electrons. The molecule has 1 atom stereocenters. The SMILES string of the molecule is Cc1c(Nc2nsc3cc(C=N[C@H](CO)C(=O)O)ccc23)cccc1-c1ccc2c(c1)OCCO2. The van der Waals surface area contributed by atoms with Gasteiger partial charge in [0.05, 0.1) is 11.3 Å². The van der Waals surface area contributed by atoms with Gasteiger partial charge in [-0.3, -0.25) is 4.99 Å². The van der Waals surface area contributed by atoms with E-state index in [1.807, 2.05) is 48.5 Å². The Bertz CT molecular complexity index is 1430. The Morgan fingerprint density at radius 2 is 2.00 bits per heavy atom. The molecule has 3 N–H and O–H groups in total. The number of fused-ring (bicyclic) bond motifs is 2. The first kappa shape index (κ1) is 22.8. The van der Waals surface area contributed by atoms with Crippen molar-refractivity contribution in [3.63, 3.8) is 0 Å². The van der Waals surface area contributed by atoms with Crippen LogP contribution in [0.15, 0.2) is 59.6 Å². The quantitative estimate of drug-likeness (QED) is 0.324. The lowest BCUT2D eigenvalue weighted by Gasteiger charge is -2.19. The molecular weight excluding hydrogens is 466 g/mol. The van der Waals surface area contributed by atoms with Crippen LogP contribution in [0.1, 0.15) is 11.1 Å². The van der Waals surface area contributed by atoms with E-state index in [0.717, 1.165) is 55.3 Å². The number of benzene rings is 3. The first-order valence-electron chi connectivity index (χ1n) is 11.1. The molecule has 0 saturated carbocycles. The minimum atomic E-state index is -1.17. The summed E-state index contributed by atoms with van der Waals surface area (Å²) in [5.74, 6) is 1.10. The summed E-state index contributed by atoms with van der Waals surface area (Å²) in [5, 5.41) is 22.6. The molecule has 1 aromatic heterocycles. The lowest BCUT2D eigenvalue weighted by Crippen LogP contribution is -2.22. The molecule has 0 radical (unpaired) electrons. The second-order valence-electron chi connectivity index (χ2n) is 8.06. The predicted molar refractivity (Wildman–Crippen MR) is 137 cm³/mol. The molecule has 2 heterocycles. The zero-order valence-electron chi connectivity index (χ0n) is 18.9. The maximum Gasteiger partial charge on any atom is 0.330 e. The molecule has 0 spiro atoms. The monoisotopic (exact) mass is 489 g/mol. The van der Waals surface area contributed by atoms with Crippen molar-refractivity contribution in [2.24, 2.45) is 4.99 Å². The van der Waals surface area contributed by atoms with Gasteiger partial charge in [-0.15, -0.1) is 0 Å². The molecule has 9 heteroatoms. The number of aliphatic hydroxyl groups is 1. The molecular formula is C26H23N3O5S. The highest BCUT2D eigenvalue weighted by Crippen LogP contribution is 2.38. The summed E-state index contributed by atoms with van der Waals surface area (Å²) in [6.45, 7) is 2.63. The van der Waals surface area contributed by atoms with E-state index >= 15 is 0 Å². The van der Waals surface area contributed by atoms with Crippen molar-refractivity contribution in [1.82, 2.24) is 4.37 Å². The summed E-state index contributed by atoms with van der Waals surface area (Å²) in [6.07, 6.45) is 1.46. The Balaban J connectivity index is 1.40. The van der Waals surface area contributed by atoms with Crippen molar-refractivity contribution < 1.29 is 24.5 Å². The van der Waals surface area contributed by atoms with Gasteiger partial charge in [0.25, 0.3) is 0 Å². The van der Waals surface area contributed by atoms with Crippen LogP contribution in [0.2, 0.25) is 0 Å². The van der Waals surface area contributed by atoms with Crippen molar-refractivity contribution in [3.05, 3.63) is 65.7 Å². The number of rotatable bonds is 7. The molecule has 5 rings (SSSR count). The highest BCUT2D eigenvalue weighted by Gasteiger charge is 2.16. The second-order valence-corrected chi connectivity index (χ2v) is 8.87. The van der Waals surface area contributed by atoms with Crippen LogP contribution in [-0.2, 0) is 4.79 Å². The number of nitrogens with one attached hydrogen (secondary N) is 1. The van der Waals surface area contributed by atoms with E-state index in [1.54, 1.807) is 0 Å². The first-order valence-corrected chi connectivity index (χ1v) is 11.8. The van der Waals surface area contributed by atoms with Gasteiger partial charge in [-0.25, -0.2) is 4.79 Å². The van der Waals surface area contributed by atoms with Crippen LogP contribution < -0.4 is 14.8 Å². The summed E-state index contributed by atoms with van der Waals surface area (Å²) in [4.78, 5) is 15.0. The van der Waals surface area contributed by atoms with Crippen molar-refractivity contribution in [3.8, 4) is 22.6 Å². The maximum absolute atomic E-state index is 11.0. The van der Waals surface area contributed by atoms with E-state index in [2.05, 4.69) is 27.7 Å². The minimum Gasteiger partial charge on any atom is -0.486 e. The van der Waals surface area contributed by atoms with Crippen molar-refractivity contribution in [2.45, 2.75) is 13.0 Å². The van der Waals surface area contributed by atoms with Gasteiger partial charge in [0.1, 0.15) is 13.2 Å². The minimum absolute atomic E-state index is 0.545. The van der Waals surface area contributed by atoms with Gasteiger partial charge < -0.3 is 25.0 Å². The largest absolute Gasteiger partial charge is 0.486 e. The third-order valence-electron chi connectivity index (χ3n) is 5.80. The topological polar surface area (TPSA) is 113 Å². The molecule has 0 aliphatic carbocycles. The third-order valence-corrected chi connectivity index (χ3v) is 6.61. The van der Waals surface area contributed by atoms with Crippen molar-refractivity contribution in [1.29, 1.82) is 0 Å². The third kappa shape index (κ3) is 4.68. The molecule has 35 heavy (non-hydrogen) atoms. The van der Waals surface area contributed by atoms with E-state index in [4.69, 9.17) is 19.7 Å².